The molecule has 2 unspecified atom stereocenters. The first-order valence-corrected chi connectivity index (χ1v) is 29.3. The number of piperidine rings is 1. The van der Waals surface area contributed by atoms with Crippen molar-refractivity contribution in [2.24, 2.45) is 16.5 Å². The van der Waals surface area contributed by atoms with Crippen molar-refractivity contribution in [2.75, 3.05) is 57.2 Å². The number of piperazine rings is 1. The van der Waals surface area contributed by atoms with Crippen molar-refractivity contribution in [3.8, 4) is 23.1 Å². The predicted molar refractivity (Wildman–Crippen MR) is 302 cm³/mol. The third-order valence-corrected chi connectivity index (χ3v) is 19.3. The van der Waals surface area contributed by atoms with Crippen LogP contribution in [0.15, 0.2) is 93.6 Å². The minimum Gasteiger partial charge on any atom is -0.493 e. The minimum atomic E-state index is -4.63. The molecule has 4 N–H and O–H groups in total. The van der Waals surface area contributed by atoms with Crippen LogP contribution < -0.4 is 29.1 Å². The number of aliphatic hydroxyl groups is 1. The van der Waals surface area contributed by atoms with Crippen LogP contribution in [-0.2, 0) is 16.6 Å². The lowest BCUT2D eigenvalue weighted by Crippen LogP contribution is -2.60. The number of ether oxygens (including phenoxy) is 3. The van der Waals surface area contributed by atoms with Gasteiger partial charge in [0.15, 0.2) is 28.6 Å². The van der Waals surface area contributed by atoms with Gasteiger partial charge < -0.3 is 38.9 Å². The summed E-state index contributed by atoms with van der Waals surface area (Å²) >= 11 is 0. The van der Waals surface area contributed by atoms with E-state index in [1.807, 2.05) is 13.0 Å². The lowest BCUT2D eigenvalue weighted by Gasteiger charge is -2.60. The molecule has 1 spiro atoms. The number of sulfonamides is 1. The molecule has 0 radical (unpaired) electrons. The Hall–Kier alpha value is -7.13. The van der Waals surface area contributed by atoms with Gasteiger partial charge in [-0.3, -0.25) is 14.6 Å². The second-order valence-corrected chi connectivity index (χ2v) is 25.1. The number of pyridine rings is 2. The Balaban J connectivity index is 0.785. The van der Waals surface area contributed by atoms with Crippen LogP contribution in [0.25, 0.3) is 22.0 Å². The zero-order chi connectivity index (χ0) is 55.8. The average Bonchev–Trinajstić information content (AvgIpc) is 4.19. The van der Waals surface area contributed by atoms with Crippen LogP contribution in [-0.4, -0.2) is 103 Å². The highest BCUT2D eigenvalue weighted by Gasteiger charge is 2.52. The summed E-state index contributed by atoms with van der Waals surface area (Å²) < 4.78 is 69.2. The number of nitroso groups, excluding NO2 is 1. The van der Waals surface area contributed by atoms with E-state index >= 15 is 0 Å². The molecule has 5 aliphatic rings. The van der Waals surface area contributed by atoms with Gasteiger partial charge in [-0.15, -0.1) is 4.91 Å². The molecule has 4 fully saturated rings. The van der Waals surface area contributed by atoms with Crippen molar-refractivity contribution in [1.29, 1.82) is 0 Å². The zero-order valence-electron chi connectivity index (χ0n) is 46.0. The lowest BCUT2D eigenvalue weighted by molar-refractivity contribution is -0.0809. The number of hydrogen-bond acceptors (Lipinski definition) is 16. The number of hydrogen-bond donors (Lipinski definition) is 4. The molecule has 80 heavy (non-hydrogen) atoms. The molecule has 420 valence electrons. The van der Waals surface area contributed by atoms with Crippen molar-refractivity contribution >= 4 is 55.1 Å². The fraction of sp³-hybridized carbons (Fsp3) is 0.450. The van der Waals surface area contributed by atoms with Crippen LogP contribution in [0, 0.1) is 29.0 Å². The van der Waals surface area contributed by atoms with Crippen molar-refractivity contribution in [2.45, 2.75) is 120 Å². The second kappa shape index (κ2) is 20.8. The molecule has 0 bridgehead atoms. The van der Waals surface area contributed by atoms with Crippen LogP contribution in [0.4, 0.5) is 21.6 Å². The van der Waals surface area contributed by atoms with Gasteiger partial charge in [-0.1, -0.05) is 44.2 Å². The van der Waals surface area contributed by atoms with E-state index in [0.717, 1.165) is 106 Å². The van der Waals surface area contributed by atoms with Crippen LogP contribution in [0.5, 0.6) is 23.1 Å². The van der Waals surface area contributed by atoms with Gasteiger partial charge in [0, 0.05) is 92.5 Å². The number of benzene rings is 3. The van der Waals surface area contributed by atoms with Crippen LogP contribution in [0.2, 0.25) is 0 Å². The van der Waals surface area contributed by atoms with Crippen molar-refractivity contribution in [1.82, 2.24) is 29.5 Å². The first-order valence-electron chi connectivity index (χ1n) is 27.8. The maximum absolute atomic E-state index is 15.0. The van der Waals surface area contributed by atoms with E-state index in [0.29, 0.717) is 31.3 Å². The largest absolute Gasteiger partial charge is 0.493 e. The summed E-state index contributed by atoms with van der Waals surface area (Å²) in [6.45, 7) is 13.0. The molecule has 2 saturated heterocycles. The molecule has 3 aromatic carbocycles. The first kappa shape index (κ1) is 53.5. The summed E-state index contributed by atoms with van der Waals surface area (Å²) in [4.78, 5) is 45.0. The highest BCUT2D eigenvalue weighted by atomic mass is 32.2. The smallest absolute Gasteiger partial charge is 0.268 e. The van der Waals surface area contributed by atoms with Gasteiger partial charge in [-0.2, -0.15) is 4.98 Å². The Morgan fingerprint density at radius 3 is 2.49 bits per heavy atom. The molecule has 2 saturated carbocycles. The number of halogens is 1. The maximum Gasteiger partial charge on any atom is 0.268 e. The van der Waals surface area contributed by atoms with Gasteiger partial charge >= 0.3 is 0 Å². The van der Waals surface area contributed by atoms with E-state index in [-0.39, 0.29) is 68.9 Å². The van der Waals surface area contributed by atoms with Crippen LogP contribution in [0.1, 0.15) is 129 Å². The number of nitrogens with one attached hydrogen (secondary N) is 3. The highest BCUT2D eigenvalue weighted by molar-refractivity contribution is 7.90. The number of aryl methyl sites for hydroxylation is 1. The minimum absolute atomic E-state index is 0.00192. The number of aromatic nitrogens is 3. The Morgan fingerprint density at radius 2 is 1.75 bits per heavy atom. The van der Waals surface area contributed by atoms with E-state index < -0.39 is 32.2 Å². The van der Waals surface area contributed by atoms with Crippen molar-refractivity contribution in [3.63, 3.8) is 0 Å². The second-order valence-electron chi connectivity index (χ2n) is 23.4. The van der Waals surface area contributed by atoms with E-state index in [2.05, 4.69) is 96.0 Å². The fourth-order valence-corrected chi connectivity index (χ4v) is 14.5. The molecule has 2 aliphatic carbocycles. The number of carbonyl (C=O) groups excluding carboxylic acids is 1. The molecule has 7 aromatic rings. The maximum atomic E-state index is 15.0. The number of H-pyrrole nitrogens is 1. The molecule has 2 atom stereocenters. The zero-order valence-corrected chi connectivity index (χ0v) is 46.8. The van der Waals surface area contributed by atoms with E-state index in [4.69, 9.17) is 18.6 Å². The van der Waals surface area contributed by atoms with E-state index in [1.165, 1.54) is 53.1 Å². The van der Waals surface area contributed by atoms with Gasteiger partial charge in [-0.05, 0) is 129 Å². The third-order valence-electron chi connectivity index (χ3n) is 18.0. The Bertz CT molecular complexity index is 3650. The Labute approximate surface area is 464 Å². The summed E-state index contributed by atoms with van der Waals surface area (Å²) in [6, 6.07) is 21.4. The summed E-state index contributed by atoms with van der Waals surface area (Å²) in [7, 11) is -1.54. The monoisotopic (exact) mass is 1110 g/mol. The first-order chi connectivity index (χ1) is 38.4. The molecule has 3 aliphatic heterocycles. The van der Waals surface area contributed by atoms with E-state index in [9.17, 15) is 27.6 Å². The molecule has 12 rings (SSSR count). The quantitative estimate of drug-likeness (QED) is 0.0702. The number of fused-ring (bicyclic) bond motifs is 3. The third kappa shape index (κ3) is 9.80. The Morgan fingerprint density at radius 1 is 0.975 bits per heavy atom. The number of anilines is 2. The molecule has 1 amide bonds. The predicted octanol–water partition coefficient (Wildman–Crippen LogP) is 11.3. The van der Waals surface area contributed by atoms with Gasteiger partial charge in [0.25, 0.3) is 21.8 Å². The number of amides is 1. The lowest BCUT2D eigenvalue weighted by atomic mass is 9.59. The number of furan rings is 1. The topological polar surface area (TPSA) is 217 Å². The van der Waals surface area contributed by atoms with Crippen LogP contribution >= 0.6 is 0 Å². The summed E-state index contributed by atoms with van der Waals surface area (Å²) in [5.74, 6) is 0.776. The van der Waals surface area contributed by atoms with Crippen molar-refractivity contribution in [3.05, 3.63) is 123 Å². The van der Waals surface area contributed by atoms with Gasteiger partial charge in [0.1, 0.15) is 27.9 Å². The normalized spacial score (nSPS) is 22.3. The van der Waals surface area contributed by atoms with E-state index in [1.54, 1.807) is 19.2 Å². The van der Waals surface area contributed by atoms with Gasteiger partial charge in [-0.25, -0.2) is 22.5 Å². The summed E-state index contributed by atoms with van der Waals surface area (Å²) in [5.41, 5.74) is 6.17. The van der Waals surface area contributed by atoms with Gasteiger partial charge in [0.05, 0.1) is 36.8 Å². The number of rotatable bonds is 15. The average molecular weight is 1110 g/mol. The van der Waals surface area contributed by atoms with Crippen LogP contribution in [0.3, 0.4) is 0 Å². The molecular weight excluding hydrogens is 1040 g/mol. The molecule has 18 nitrogen and oxygen atoms in total. The molecule has 7 heterocycles. The highest BCUT2D eigenvalue weighted by Crippen LogP contribution is 2.56. The number of nitrogens with zero attached hydrogens (tertiary/aromatic N) is 6. The standard InChI is InChI=1S/C60H68FN9O9S/c1-34(2)41-9-7-8-10-42(41)47-32-69-31-37-11-14-49(76-5)54-53(37)52(35(3)78-54)48(69)33-70(47)39-26-60(27-39)19-21-68(22-20-60)38-12-13-43(50(23-38)79-51-25-44-45(61)30-64-55(44)65-58(51)77-6)57(71)67-80(74,75)40-24-46(66-73)56(63-29-40)62-28-36-15-17-59(4,72)18-16-36/h7-14,23-25,29-30,34,36,39,47-48,72H,15-22,26-28,31-33H2,1-6H3,(H,62,63)(H,64,65)(H,67,71). The Kier molecular flexibility index (Phi) is 13.9. The van der Waals surface area contributed by atoms with Gasteiger partial charge in [0.2, 0.25) is 0 Å². The molecular formula is C60H68FN9O9S. The summed E-state index contributed by atoms with van der Waals surface area (Å²) in [5, 5.41) is 17.8. The molecule has 4 aromatic heterocycles. The van der Waals surface area contributed by atoms with Crippen molar-refractivity contribution < 1.29 is 41.3 Å². The molecule has 20 heteroatoms. The SMILES string of the molecule is COc1nc2[nH]cc(F)c2cc1Oc1cc(N2CCC3(CC2)CC(N2CC4c5c(C)oc6c(OC)ccc(c56)CN4CC2c2ccccc2C(C)C)C3)ccc1C(=O)NS(=O)(=O)c1cnc(NCC2CCC(C)(O)CC2)c(N=O)c1. The number of carbonyl (C=O) groups is 1. The number of methoxy groups -OCH3 is 2. The summed E-state index contributed by atoms with van der Waals surface area (Å²) in [6.07, 6.45) is 9.06. The number of aromatic amines is 1. The fourth-order valence-electron chi connectivity index (χ4n) is 13.6.